The summed E-state index contributed by atoms with van der Waals surface area (Å²) in [4.78, 5) is 8.20. The van der Waals surface area contributed by atoms with E-state index >= 15 is 0 Å². The highest BCUT2D eigenvalue weighted by Crippen LogP contribution is 2.18. The van der Waals surface area contributed by atoms with Crippen LogP contribution >= 0.6 is 0 Å². The molecule has 0 aliphatic carbocycles. The minimum absolute atomic E-state index is 0.0331. The highest BCUT2D eigenvalue weighted by atomic mass is 16.5. The van der Waals surface area contributed by atoms with E-state index in [1.54, 1.807) is 12.5 Å². The van der Waals surface area contributed by atoms with E-state index in [1.807, 2.05) is 18.2 Å². The number of benzene rings is 1. The molecule has 114 valence electrons. The van der Waals surface area contributed by atoms with Gasteiger partial charge in [0.15, 0.2) is 0 Å². The fraction of sp³-hybridized carbons (Fsp3) is 0.500. The summed E-state index contributed by atoms with van der Waals surface area (Å²) >= 11 is 0. The maximum Gasteiger partial charge on any atom is 0.121 e. The summed E-state index contributed by atoms with van der Waals surface area (Å²) in [5, 5.41) is 13.4. The molecule has 5 nitrogen and oxygen atoms in total. The molecule has 0 spiro atoms. The number of nitrogens with one attached hydrogen (secondary N) is 1. The van der Waals surface area contributed by atoms with Crippen molar-refractivity contribution in [2.24, 2.45) is 0 Å². The van der Waals surface area contributed by atoms with Crippen LogP contribution in [0.15, 0.2) is 30.7 Å². The van der Waals surface area contributed by atoms with Crippen molar-refractivity contribution in [1.29, 1.82) is 0 Å². The third kappa shape index (κ3) is 4.95. The zero-order chi connectivity index (χ0) is 15.1. The average molecular weight is 289 g/mol. The molecule has 0 fully saturated rings. The monoisotopic (exact) mass is 289 g/mol. The van der Waals surface area contributed by atoms with E-state index in [0.717, 1.165) is 36.0 Å². The van der Waals surface area contributed by atoms with E-state index in [1.165, 1.54) is 0 Å². The maximum absolute atomic E-state index is 8.96. The van der Waals surface area contributed by atoms with Gasteiger partial charge in [-0.25, -0.2) is 9.97 Å². The van der Waals surface area contributed by atoms with Crippen molar-refractivity contribution in [2.75, 3.05) is 19.8 Å². The molecule has 0 aliphatic rings. The SMILES string of the molecule is CC(C)(CCO)NCCCOc1ccc2cncnc2c1. The first-order valence-electron chi connectivity index (χ1n) is 7.29. The van der Waals surface area contributed by atoms with Gasteiger partial charge in [-0.3, -0.25) is 0 Å². The van der Waals surface area contributed by atoms with E-state index in [0.29, 0.717) is 6.61 Å². The number of rotatable bonds is 8. The van der Waals surface area contributed by atoms with Gasteiger partial charge in [-0.2, -0.15) is 0 Å². The van der Waals surface area contributed by atoms with Crippen LogP contribution in [0.3, 0.4) is 0 Å². The van der Waals surface area contributed by atoms with Gasteiger partial charge in [0.05, 0.1) is 12.1 Å². The molecule has 1 aromatic heterocycles. The first-order valence-corrected chi connectivity index (χ1v) is 7.29. The molecule has 1 aromatic carbocycles. The largest absolute Gasteiger partial charge is 0.493 e. The number of ether oxygens (including phenoxy) is 1. The molecule has 5 heteroatoms. The third-order valence-electron chi connectivity index (χ3n) is 3.41. The Hall–Kier alpha value is -1.72. The van der Waals surface area contributed by atoms with E-state index in [2.05, 4.69) is 29.1 Å². The lowest BCUT2D eigenvalue weighted by Crippen LogP contribution is -2.40. The summed E-state index contributed by atoms with van der Waals surface area (Å²) in [6.07, 6.45) is 4.99. The normalized spacial score (nSPS) is 11.8. The Labute approximate surface area is 125 Å². The molecular weight excluding hydrogens is 266 g/mol. The lowest BCUT2D eigenvalue weighted by atomic mass is 10.0. The molecular formula is C16H23N3O2. The van der Waals surface area contributed by atoms with E-state index in [-0.39, 0.29) is 12.1 Å². The van der Waals surface area contributed by atoms with Crippen molar-refractivity contribution in [3.63, 3.8) is 0 Å². The fourth-order valence-electron chi connectivity index (χ4n) is 2.10. The molecule has 0 atom stereocenters. The van der Waals surface area contributed by atoms with Crippen LogP contribution in [0.2, 0.25) is 0 Å². The Kier molecular flexibility index (Phi) is 5.47. The van der Waals surface area contributed by atoms with Gasteiger partial charge in [0, 0.05) is 29.8 Å². The number of aliphatic hydroxyl groups excluding tert-OH is 1. The van der Waals surface area contributed by atoms with Crippen LogP contribution in [-0.2, 0) is 0 Å². The Balaban J connectivity index is 1.75. The van der Waals surface area contributed by atoms with Crippen molar-refractivity contribution >= 4 is 10.9 Å². The van der Waals surface area contributed by atoms with Crippen molar-refractivity contribution in [1.82, 2.24) is 15.3 Å². The molecule has 0 unspecified atom stereocenters. The molecule has 0 saturated carbocycles. The molecule has 2 aromatic rings. The van der Waals surface area contributed by atoms with Crippen LogP contribution in [0, 0.1) is 0 Å². The molecule has 0 amide bonds. The number of nitrogens with zero attached hydrogens (tertiary/aromatic N) is 2. The lowest BCUT2D eigenvalue weighted by Gasteiger charge is -2.25. The minimum Gasteiger partial charge on any atom is -0.493 e. The zero-order valence-corrected chi connectivity index (χ0v) is 12.7. The molecule has 1 heterocycles. The quantitative estimate of drug-likeness (QED) is 0.729. The first-order chi connectivity index (χ1) is 10.1. The van der Waals surface area contributed by atoms with Crippen molar-refractivity contribution < 1.29 is 9.84 Å². The second-order valence-electron chi connectivity index (χ2n) is 5.73. The molecule has 2 rings (SSSR count). The first kappa shape index (κ1) is 15.7. The van der Waals surface area contributed by atoms with Gasteiger partial charge >= 0.3 is 0 Å². The summed E-state index contributed by atoms with van der Waals surface area (Å²) in [6, 6.07) is 5.84. The van der Waals surface area contributed by atoms with Gasteiger partial charge in [0.1, 0.15) is 12.1 Å². The van der Waals surface area contributed by atoms with E-state index in [4.69, 9.17) is 9.84 Å². The number of hydrogen-bond acceptors (Lipinski definition) is 5. The number of hydrogen-bond donors (Lipinski definition) is 2. The standard InChI is InChI=1S/C16H23N3O2/c1-16(2,6-8-20)19-7-3-9-21-14-5-4-13-11-17-12-18-15(13)10-14/h4-5,10-12,19-20H,3,6-9H2,1-2H3. The second kappa shape index (κ2) is 7.33. The zero-order valence-electron chi connectivity index (χ0n) is 12.7. The van der Waals surface area contributed by atoms with Crippen LogP contribution in [0.5, 0.6) is 5.75 Å². The maximum atomic E-state index is 8.96. The van der Waals surface area contributed by atoms with Gasteiger partial charge in [0.25, 0.3) is 0 Å². The number of aliphatic hydroxyl groups is 1. The predicted molar refractivity (Wildman–Crippen MR) is 83.4 cm³/mol. The highest BCUT2D eigenvalue weighted by Gasteiger charge is 2.14. The average Bonchev–Trinajstić information content (AvgIpc) is 2.46. The van der Waals surface area contributed by atoms with Crippen LogP contribution in [0.1, 0.15) is 26.7 Å². The Bertz CT molecular complexity index is 572. The van der Waals surface area contributed by atoms with Gasteiger partial charge in [-0.1, -0.05) is 0 Å². The minimum atomic E-state index is -0.0331. The molecule has 0 bridgehead atoms. The van der Waals surface area contributed by atoms with Crippen LogP contribution in [-0.4, -0.2) is 40.4 Å². The number of fused-ring (bicyclic) bond motifs is 1. The lowest BCUT2D eigenvalue weighted by molar-refractivity contribution is 0.226. The number of aromatic nitrogens is 2. The van der Waals surface area contributed by atoms with Crippen molar-refractivity contribution in [3.8, 4) is 5.75 Å². The molecule has 21 heavy (non-hydrogen) atoms. The summed E-state index contributed by atoms with van der Waals surface area (Å²) in [7, 11) is 0. The topological polar surface area (TPSA) is 67.3 Å². The molecule has 0 aliphatic heterocycles. The smallest absolute Gasteiger partial charge is 0.121 e. The summed E-state index contributed by atoms with van der Waals surface area (Å²) in [6.45, 7) is 5.90. The van der Waals surface area contributed by atoms with Gasteiger partial charge in [0.2, 0.25) is 0 Å². The summed E-state index contributed by atoms with van der Waals surface area (Å²) < 4.78 is 5.74. The summed E-state index contributed by atoms with van der Waals surface area (Å²) in [5.74, 6) is 0.829. The molecule has 2 N–H and O–H groups in total. The second-order valence-corrected chi connectivity index (χ2v) is 5.73. The van der Waals surface area contributed by atoms with Gasteiger partial charge in [-0.05, 0) is 45.4 Å². The van der Waals surface area contributed by atoms with E-state index < -0.39 is 0 Å². The van der Waals surface area contributed by atoms with Crippen LogP contribution in [0.4, 0.5) is 0 Å². The fourth-order valence-corrected chi connectivity index (χ4v) is 2.10. The Morgan fingerprint density at radius 2 is 2.19 bits per heavy atom. The van der Waals surface area contributed by atoms with Gasteiger partial charge in [-0.15, -0.1) is 0 Å². The molecule has 0 radical (unpaired) electrons. The third-order valence-corrected chi connectivity index (χ3v) is 3.41. The predicted octanol–water partition coefficient (Wildman–Crippen LogP) is 2.15. The van der Waals surface area contributed by atoms with Gasteiger partial charge < -0.3 is 15.2 Å². The summed E-state index contributed by atoms with van der Waals surface area (Å²) in [5.41, 5.74) is 0.860. The Morgan fingerprint density at radius 3 is 3.00 bits per heavy atom. The highest BCUT2D eigenvalue weighted by molar-refractivity contribution is 5.78. The van der Waals surface area contributed by atoms with Crippen molar-refractivity contribution in [2.45, 2.75) is 32.2 Å². The molecule has 0 saturated heterocycles. The van der Waals surface area contributed by atoms with Crippen LogP contribution in [0.25, 0.3) is 10.9 Å². The van der Waals surface area contributed by atoms with Crippen molar-refractivity contribution in [3.05, 3.63) is 30.7 Å². The Morgan fingerprint density at radius 1 is 1.33 bits per heavy atom. The van der Waals surface area contributed by atoms with Crippen LogP contribution < -0.4 is 10.1 Å². The van der Waals surface area contributed by atoms with E-state index in [9.17, 15) is 0 Å².